The lowest BCUT2D eigenvalue weighted by Crippen LogP contribution is -2.42. The van der Waals surface area contributed by atoms with E-state index in [1.165, 1.54) is 24.0 Å². The van der Waals surface area contributed by atoms with Crippen LogP contribution in [0.25, 0.3) is 0 Å². The van der Waals surface area contributed by atoms with Gasteiger partial charge in [-0.15, -0.1) is 0 Å². The van der Waals surface area contributed by atoms with Crippen molar-refractivity contribution in [2.24, 2.45) is 0 Å². The third-order valence-electron chi connectivity index (χ3n) is 4.78. The minimum atomic E-state index is -0.197. The molecule has 5 nitrogen and oxygen atoms in total. The van der Waals surface area contributed by atoms with Gasteiger partial charge in [0.25, 0.3) is 5.91 Å². The van der Waals surface area contributed by atoms with Crippen LogP contribution in [0.3, 0.4) is 0 Å². The summed E-state index contributed by atoms with van der Waals surface area (Å²) in [6.07, 6.45) is 4.52. The van der Waals surface area contributed by atoms with Gasteiger partial charge in [-0.05, 0) is 61.1 Å². The Bertz CT molecular complexity index is 789. The van der Waals surface area contributed by atoms with Gasteiger partial charge in [0.15, 0.2) is 18.1 Å². The summed E-state index contributed by atoms with van der Waals surface area (Å²) >= 11 is 0. The molecule has 1 heterocycles. The van der Waals surface area contributed by atoms with Crippen LogP contribution in [0.1, 0.15) is 24.0 Å². The number of hydrogen-bond donors (Lipinski definition) is 1. The van der Waals surface area contributed by atoms with E-state index in [0.29, 0.717) is 18.9 Å². The van der Waals surface area contributed by atoms with Gasteiger partial charge >= 0.3 is 0 Å². The molecule has 1 aliphatic carbocycles. The second-order valence-electron chi connectivity index (χ2n) is 6.73. The molecule has 0 saturated carbocycles. The molecule has 1 aliphatic heterocycles. The van der Waals surface area contributed by atoms with Gasteiger partial charge in [-0.25, -0.2) is 0 Å². The van der Waals surface area contributed by atoms with Gasteiger partial charge in [-0.3, -0.25) is 4.79 Å². The third-order valence-corrected chi connectivity index (χ3v) is 4.78. The van der Waals surface area contributed by atoms with E-state index in [1.807, 2.05) is 30.3 Å². The molecule has 0 aromatic heterocycles. The highest BCUT2D eigenvalue weighted by molar-refractivity contribution is 5.77. The van der Waals surface area contributed by atoms with Crippen molar-refractivity contribution in [1.29, 1.82) is 0 Å². The first-order valence-corrected chi connectivity index (χ1v) is 9.18. The predicted molar refractivity (Wildman–Crippen MR) is 97.9 cm³/mol. The Morgan fingerprint density at radius 1 is 1.08 bits per heavy atom. The van der Waals surface area contributed by atoms with Crippen LogP contribution < -0.4 is 19.5 Å². The van der Waals surface area contributed by atoms with Crippen molar-refractivity contribution in [3.63, 3.8) is 0 Å². The number of hydrogen-bond acceptors (Lipinski definition) is 4. The fraction of sp³-hybridized carbons (Fsp3) is 0.381. The topological polar surface area (TPSA) is 56.8 Å². The Hall–Kier alpha value is -2.69. The number of benzene rings is 2. The number of para-hydroxylation sites is 2. The van der Waals surface area contributed by atoms with Crippen molar-refractivity contribution in [2.75, 3.05) is 19.8 Å². The summed E-state index contributed by atoms with van der Waals surface area (Å²) in [5, 5.41) is 2.85. The van der Waals surface area contributed by atoms with Crippen LogP contribution in [0, 0.1) is 0 Å². The highest BCUT2D eigenvalue weighted by Crippen LogP contribution is 2.30. The number of carbonyl (C=O) groups excluding carboxylic acids is 1. The molecule has 2 aromatic carbocycles. The average Bonchev–Trinajstić information content (AvgIpc) is 2.70. The summed E-state index contributed by atoms with van der Waals surface area (Å²) in [6.45, 7) is 0.812. The van der Waals surface area contributed by atoms with Gasteiger partial charge in [0.2, 0.25) is 0 Å². The Kier molecular flexibility index (Phi) is 4.95. The highest BCUT2D eigenvalue weighted by atomic mass is 16.6. The zero-order valence-electron chi connectivity index (χ0n) is 14.7. The summed E-state index contributed by atoms with van der Waals surface area (Å²) in [6, 6.07) is 13.7. The lowest BCUT2D eigenvalue weighted by Gasteiger charge is -2.26. The molecule has 0 bridgehead atoms. The van der Waals surface area contributed by atoms with Gasteiger partial charge in [0.05, 0.1) is 6.54 Å². The molecule has 4 rings (SSSR count). The molecule has 1 unspecified atom stereocenters. The summed E-state index contributed by atoms with van der Waals surface area (Å²) in [5.41, 5.74) is 2.75. The minimum absolute atomic E-state index is 0.00293. The van der Waals surface area contributed by atoms with Crippen molar-refractivity contribution in [3.05, 3.63) is 53.6 Å². The van der Waals surface area contributed by atoms with E-state index >= 15 is 0 Å². The number of rotatable bonds is 5. The lowest BCUT2D eigenvalue weighted by atomic mass is 9.92. The summed E-state index contributed by atoms with van der Waals surface area (Å²) in [4.78, 5) is 12.1. The van der Waals surface area contributed by atoms with Gasteiger partial charge in [-0.2, -0.15) is 0 Å². The van der Waals surface area contributed by atoms with Crippen LogP contribution in [-0.4, -0.2) is 31.8 Å². The number of carbonyl (C=O) groups is 1. The second kappa shape index (κ2) is 7.68. The van der Waals surface area contributed by atoms with Crippen LogP contribution in [0.15, 0.2) is 42.5 Å². The first-order chi connectivity index (χ1) is 12.8. The van der Waals surface area contributed by atoms with Crippen LogP contribution >= 0.6 is 0 Å². The summed E-state index contributed by atoms with van der Waals surface area (Å²) < 4.78 is 17.1. The lowest BCUT2D eigenvalue weighted by molar-refractivity contribution is -0.123. The standard InChI is InChI=1S/C21H23NO4/c23-21(14-24-17-10-9-15-5-1-2-6-16(15)11-17)22-12-18-13-25-19-7-3-4-8-20(19)26-18/h3-4,7-11,18H,1-2,5-6,12-14H2,(H,22,23). The van der Waals surface area contributed by atoms with Crippen molar-refractivity contribution in [1.82, 2.24) is 5.32 Å². The molecule has 26 heavy (non-hydrogen) atoms. The van der Waals surface area contributed by atoms with Crippen molar-refractivity contribution >= 4 is 5.91 Å². The molecule has 1 atom stereocenters. The maximum Gasteiger partial charge on any atom is 0.258 e. The number of aryl methyl sites for hydroxylation is 2. The monoisotopic (exact) mass is 353 g/mol. The maximum atomic E-state index is 12.1. The molecule has 1 N–H and O–H groups in total. The van der Waals surface area contributed by atoms with Crippen LogP contribution in [0.2, 0.25) is 0 Å². The molecule has 0 saturated heterocycles. The number of amides is 1. The number of ether oxygens (including phenoxy) is 3. The zero-order chi connectivity index (χ0) is 17.8. The molecule has 2 aliphatic rings. The largest absolute Gasteiger partial charge is 0.486 e. The molecule has 0 spiro atoms. The van der Waals surface area contributed by atoms with E-state index in [1.54, 1.807) is 0 Å². The molecule has 0 fully saturated rings. The SMILES string of the molecule is O=C(COc1ccc2c(c1)CCCC2)NCC1COc2ccccc2O1. The summed E-state index contributed by atoms with van der Waals surface area (Å²) in [5.74, 6) is 2.05. The quantitative estimate of drug-likeness (QED) is 0.898. The van der Waals surface area contributed by atoms with Gasteiger partial charge in [-0.1, -0.05) is 18.2 Å². The molecule has 136 valence electrons. The molecule has 0 radical (unpaired) electrons. The average molecular weight is 353 g/mol. The molecular weight excluding hydrogens is 330 g/mol. The molecular formula is C21H23NO4. The van der Waals surface area contributed by atoms with Crippen LogP contribution in [0.4, 0.5) is 0 Å². The van der Waals surface area contributed by atoms with E-state index in [4.69, 9.17) is 14.2 Å². The molecule has 1 amide bonds. The second-order valence-corrected chi connectivity index (χ2v) is 6.73. The first-order valence-electron chi connectivity index (χ1n) is 9.18. The van der Waals surface area contributed by atoms with Crippen molar-refractivity contribution in [2.45, 2.75) is 31.8 Å². The van der Waals surface area contributed by atoms with Gasteiger partial charge in [0.1, 0.15) is 18.5 Å². The Balaban J connectivity index is 1.24. The van der Waals surface area contributed by atoms with E-state index in [0.717, 1.165) is 24.3 Å². The van der Waals surface area contributed by atoms with E-state index in [2.05, 4.69) is 17.4 Å². The predicted octanol–water partition coefficient (Wildman–Crippen LogP) is 2.90. The summed E-state index contributed by atoms with van der Waals surface area (Å²) in [7, 11) is 0. The number of fused-ring (bicyclic) bond motifs is 2. The van der Waals surface area contributed by atoms with Crippen LogP contribution in [-0.2, 0) is 17.6 Å². The normalized spacial score (nSPS) is 17.9. The molecule has 2 aromatic rings. The minimum Gasteiger partial charge on any atom is -0.486 e. The Labute approximate surface area is 153 Å². The Morgan fingerprint density at radius 3 is 2.77 bits per heavy atom. The fourth-order valence-corrected chi connectivity index (χ4v) is 3.39. The van der Waals surface area contributed by atoms with Crippen LogP contribution in [0.5, 0.6) is 17.2 Å². The fourth-order valence-electron chi connectivity index (χ4n) is 3.39. The first kappa shape index (κ1) is 16.8. The van der Waals surface area contributed by atoms with Gasteiger partial charge in [0, 0.05) is 0 Å². The van der Waals surface area contributed by atoms with Gasteiger partial charge < -0.3 is 19.5 Å². The highest BCUT2D eigenvalue weighted by Gasteiger charge is 2.21. The number of nitrogens with one attached hydrogen (secondary N) is 1. The van der Waals surface area contributed by atoms with Crippen molar-refractivity contribution in [3.8, 4) is 17.2 Å². The molecule has 5 heteroatoms. The third kappa shape index (κ3) is 3.93. The Morgan fingerprint density at radius 2 is 1.88 bits per heavy atom. The maximum absolute atomic E-state index is 12.1. The smallest absolute Gasteiger partial charge is 0.258 e. The zero-order valence-corrected chi connectivity index (χ0v) is 14.7. The van der Waals surface area contributed by atoms with E-state index in [-0.39, 0.29) is 18.6 Å². The van der Waals surface area contributed by atoms with E-state index < -0.39 is 0 Å². The van der Waals surface area contributed by atoms with Crippen molar-refractivity contribution < 1.29 is 19.0 Å². The van der Waals surface area contributed by atoms with E-state index in [9.17, 15) is 4.79 Å².